The molecule has 1 aliphatic rings. The zero-order chi connectivity index (χ0) is 14.5. The SMILES string of the molecule is COc1ccccc1N1CCN(C(=O)C[N+](=O)[O-])CC1. The summed E-state index contributed by atoms with van der Waals surface area (Å²) in [6.07, 6.45) is 0. The third-order valence-electron chi connectivity index (χ3n) is 3.32. The first-order chi connectivity index (χ1) is 9.61. The fourth-order valence-corrected chi connectivity index (χ4v) is 2.30. The summed E-state index contributed by atoms with van der Waals surface area (Å²) in [5.41, 5.74) is 0.983. The molecular formula is C13H17N3O4. The lowest BCUT2D eigenvalue weighted by Gasteiger charge is -2.36. The van der Waals surface area contributed by atoms with Crippen LogP contribution in [-0.4, -0.2) is 55.6 Å². The van der Waals surface area contributed by atoms with Gasteiger partial charge in [0.2, 0.25) is 0 Å². The number of hydrogen-bond donors (Lipinski definition) is 0. The molecule has 0 spiro atoms. The molecule has 0 atom stereocenters. The number of piperazine rings is 1. The average Bonchev–Trinajstić information content (AvgIpc) is 2.46. The first-order valence-corrected chi connectivity index (χ1v) is 6.39. The number of anilines is 1. The van der Waals surface area contributed by atoms with Crippen LogP contribution in [0.15, 0.2) is 24.3 Å². The normalized spacial score (nSPS) is 15.1. The molecule has 7 nitrogen and oxygen atoms in total. The van der Waals surface area contributed by atoms with Gasteiger partial charge in [-0.1, -0.05) is 12.1 Å². The van der Waals surface area contributed by atoms with Gasteiger partial charge in [0.25, 0.3) is 12.5 Å². The van der Waals surface area contributed by atoms with Gasteiger partial charge in [-0.3, -0.25) is 14.9 Å². The minimum atomic E-state index is -0.630. The van der Waals surface area contributed by atoms with Crippen molar-refractivity contribution in [1.82, 2.24) is 4.90 Å². The number of ether oxygens (including phenoxy) is 1. The van der Waals surface area contributed by atoms with Crippen molar-refractivity contribution in [2.75, 3.05) is 44.7 Å². The third kappa shape index (κ3) is 3.17. The predicted octanol–water partition coefficient (Wildman–Crippen LogP) is 0.621. The van der Waals surface area contributed by atoms with E-state index in [-0.39, 0.29) is 0 Å². The van der Waals surface area contributed by atoms with Crippen molar-refractivity contribution in [3.8, 4) is 5.75 Å². The van der Waals surface area contributed by atoms with Gasteiger partial charge in [0.05, 0.1) is 12.8 Å². The Labute approximate surface area is 116 Å². The largest absolute Gasteiger partial charge is 0.495 e. The molecule has 0 N–H and O–H groups in total. The summed E-state index contributed by atoms with van der Waals surface area (Å²) in [6.45, 7) is 1.64. The molecule has 1 saturated heterocycles. The number of nitro groups is 1. The van der Waals surface area contributed by atoms with Crippen LogP contribution < -0.4 is 9.64 Å². The van der Waals surface area contributed by atoms with Gasteiger partial charge < -0.3 is 14.5 Å². The van der Waals surface area contributed by atoms with E-state index in [2.05, 4.69) is 4.90 Å². The highest BCUT2D eigenvalue weighted by Gasteiger charge is 2.25. The van der Waals surface area contributed by atoms with Crippen LogP contribution in [0.4, 0.5) is 5.69 Å². The molecule has 7 heteroatoms. The number of carbonyl (C=O) groups is 1. The highest BCUT2D eigenvalue weighted by atomic mass is 16.6. The molecule has 0 bridgehead atoms. The summed E-state index contributed by atoms with van der Waals surface area (Å²) in [5, 5.41) is 10.4. The number of benzene rings is 1. The van der Waals surface area contributed by atoms with E-state index in [1.807, 2.05) is 24.3 Å². The second-order valence-corrected chi connectivity index (χ2v) is 4.53. The molecule has 0 radical (unpaired) electrons. The van der Waals surface area contributed by atoms with E-state index >= 15 is 0 Å². The van der Waals surface area contributed by atoms with E-state index in [4.69, 9.17) is 4.74 Å². The van der Waals surface area contributed by atoms with Crippen LogP contribution in [0.25, 0.3) is 0 Å². The van der Waals surface area contributed by atoms with Crippen molar-refractivity contribution in [3.63, 3.8) is 0 Å². The zero-order valence-corrected chi connectivity index (χ0v) is 11.3. The second kappa shape index (κ2) is 6.23. The first kappa shape index (κ1) is 14.1. The van der Waals surface area contributed by atoms with Gasteiger partial charge in [-0.25, -0.2) is 0 Å². The molecule has 20 heavy (non-hydrogen) atoms. The molecule has 0 aromatic heterocycles. The Hall–Kier alpha value is -2.31. The summed E-state index contributed by atoms with van der Waals surface area (Å²) >= 11 is 0. The number of carbonyl (C=O) groups excluding carboxylic acids is 1. The lowest BCUT2D eigenvalue weighted by Crippen LogP contribution is -2.50. The minimum absolute atomic E-state index is 0.422. The lowest BCUT2D eigenvalue weighted by atomic mass is 10.2. The van der Waals surface area contributed by atoms with Crippen LogP contribution in [0.5, 0.6) is 5.75 Å². The van der Waals surface area contributed by atoms with E-state index in [0.717, 1.165) is 11.4 Å². The fraction of sp³-hybridized carbons (Fsp3) is 0.462. The van der Waals surface area contributed by atoms with Gasteiger partial charge in [0, 0.05) is 31.1 Å². The highest BCUT2D eigenvalue weighted by molar-refractivity contribution is 5.77. The maximum Gasteiger partial charge on any atom is 0.294 e. The second-order valence-electron chi connectivity index (χ2n) is 4.53. The molecule has 108 valence electrons. The maximum atomic E-state index is 11.6. The van der Waals surface area contributed by atoms with E-state index in [1.165, 1.54) is 4.90 Å². The summed E-state index contributed by atoms with van der Waals surface area (Å²) in [5.74, 6) is 0.368. The highest BCUT2D eigenvalue weighted by Crippen LogP contribution is 2.28. The van der Waals surface area contributed by atoms with E-state index in [1.54, 1.807) is 7.11 Å². The number of nitrogens with zero attached hydrogens (tertiary/aromatic N) is 3. The van der Waals surface area contributed by atoms with Gasteiger partial charge in [-0.05, 0) is 12.1 Å². The van der Waals surface area contributed by atoms with Crippen LogP contribution in [-0.2, 0) is 4.79 Å². The molecule has 0 saturated carbocycles. The number of methoxy groups -OCH3 is 1. The summed E-state index contributed by atoms with van der Waals surface area (Å²) in [4.78, 5) is 25.0. The summed E-state index contributed by atoms with van der Waals surface area (Å²) < 4.78 is 5.31. The molecule has 1 heterocycles. The standard InChI is InChI=1S/C13H17N3O4/c1-20-12-5-3-2-4-11(12)14-6-8-15(9-7-14)13(17)10-16(18)19/h2-5H,6-10H2,1H3. The monoisotopic (exact) mass is 279 g/mol. The fourth-order valence-electron chi connectivity index (χ4n) is 2.30. The molecule has 1 amide bonds. The quantitative estimate of drug-likeness (QED) is 0.596. The zero-order valence-electron chi connectivity index (χ0n) is 11.3. The molecule has 2 rings (SSSR count). The Morgan fingerprint density at radius 3 is 2.55 bits per heavy atom. The summed E-state index contributed by atoms with van der Waals surface area (Å²) in [6, 6.07) is 7.69. The van der Waals surface area contributed by atoms with Gasteiger partial charge >= 0.3 is 0 Å². The molecule has 1 aliphatic heterocycles. The van der Waals surface area contributed by atoms with E-state index in [0.29, 0.717) is 26.2 Å². The predicted molar refractivity (Wildman–Crippen MR) is 73.6 cm³/mol. The molecular weight excluding hydrogens is 262 g/mol. The molecule has 0 unspecified atom stereocenters. The van der Waals surface area contributed by atoms with E-state index < -0.39 is 17.4 Å². The summed E-state index contributed by atoms with van der Waals surface area (Å²) in [7, 11) is 1.62. The Morgan fingerprint density at radius 2 is 1.95 bits per heavy atom. The lowest BCUT2D eigenvalue weighted by molar-refractivity contribution is -0.468. The van der Waals surface area contributed by atoms with Crippen molar-refractivity contribution >= 4 is 11.6 Å². The Morgan fingerprint density at radius 1 is 1.30 bits per heavy atom. The average molecular weight is 279 g/mol. The Kier molecular flexibility index (Phi) is 4.39. The Balaban J connectivity index is 1.97. The molecule has 1 aromatic carbocycles. The number of amides is 1. The third-order valence-corrected chi connectivity index (χ3v) is 3.32. The smallest absolute Gasteiger partial charge is 0.294 e. The topological polar surface area (TPSA) is 75.9 Å². The van der Waals surface area contributed by atoms with Crippen LogP contribution in [0, 0.1) is 10.1 Å². The van der Waals surface area contributed by atoms with Crippen molar-refractivity contribution in [1.29, 1.82) is 0 Å². The van der Waals surface area contributed by atoms with Crippen LogP contribution in [0.2, 0.25) is 0 Å². The Bertz CT molecular complexity index is 498. The van der Waals surface area contributed by atoms with Crippen LogP contribution >= 0.6 is 0 Å². The van der Waals surface area contributed by atoms with Crippen molar-refractivity contribution < 1.29 is 14.5 Å². The number of hydrogen-bond acceptors (Lipinski definition) is 5. The van der Waals surface area contributed by atoms with Crippen LogP contribution in [0.3, 0.4) is 0 Å². The van der Waals surface area contributed by atoms with Gasteiger partial charge in [-0.15, -0.1) is 0 Å². The number of rotatable bonds is 4. The van der Waals surface area contributed by atoms with Gasteiger partial charge in [0.1, 0.15) is 5.75 Å². The van der Waals surface area contributed by atoms with Gasteiger partial charge in [-0.2, -0.15) is 0 Å². The van der Waals surface area contributed by atoms with Crippen molar-refractivity contribution in [2.24, 2.45) is 0 Å². The number of para-hydroxylation sites is 2. The van der Waals surface area contributed by atoms with Crippen molar-refractivity contribution in [2.45, 2.75) is 0 Å². The molecule has 0 aliphatic carbocycles. The van der Waals surface area contributed by atoms with Gasteiger partial charge in [0.15, 0.2) is 0 Å². The molecule has 1 fully saturated rings. The van der Waals surface area contributed by atoms with Crippen LogP contribution in [0.1, 0.15) is 0 Å². The van der Waals surface area contributed by atoms with E-state index in [9.17, 15) is 14.9 Å². The molecule has 1 aromatic rings. The first-order valence-electron chi connectivity index (χ1n) is 6.39. The van der Waals surface area contributed by atoms with Crippen molar-refractivity contribution in [3.05, 3.63) is 34.4 Å². The minimum Gasteiger partial charge on any atom is -0.495 e. The maximum absolute atomic E-state index is 11.6.